The first-order valence-corrected chi connectivity index (χ1v) is 5.99. The Kier molecular flexibility index (Phi) is 3.85. The average molecular weight is 261 g/mol. The van der Waals surface area contributed by atoms with E-state index in [0.717, 1.165) is 24.3 Å². The van der Waals surface area contributed by atoms with Gasteiger partial charge in [-0.25, -0.2) is 0 Å². The number of aryl methyl sites for hydroxylation is 1. The number of nitrogens with one attached hydrogen (secondary N) is 1. The monoisotopic (exact) mass is 260 g/mol. The molecule has 0 unspecified atom stereocenters. The van der Waals surface area contributed by atoms with E-state index < -0.39 is 0 Å². The summed E-state index contributed by atoms with van der Waals surface area (Å²) in [5.41, 5.74) is 2.45. The summed E-state index contributed by atoms with van der Waals surface area (Å²) in [6.45, 7) is 0.777. The molecule has 4 nitrogen and oxygen atoms in total. The lowest BCUT2D eigenvalue weighted by molar-refractivity contribution is 0.742. The summed E-state index contributed by atoms with van der Waals surface area (Å²) in [5, 5.41) is 16.8. The van der Waals surface area contributed by atoms with E-state index in [-0.39, 0.29) is 0 Å². The van der Waals surface area contributed by atoms with E-state index in [2.05, 4.69) is 10.4 Å². The Bertz CT molecular complexity index is 583. The highest BCUT2D eigenvalue weighted by atomic mass is 35.5. The number of nitrogens with zero attached hydrogens (tertiary/aromatic N) is 3. The van der Waals surface area contributed by atoms with Gasteiger partial charge in [0.1, 0.15) is 6.07 Å². The second-order valence-electron chi connectivity index (χ2n) is 3.96. The molecule has 0 amide bonds. The second-order valence-corrected chi connectivity index (χ2v) is 4.37. The minimum absolute atomic E-state index is 0.473. The Hall–Kier alpha value is -1.99. The highest BCUT2D eigenvalue weighted by molar-refractivity contribution is 6.32. The molecule has 5 heteroatoms. The zero-order chi connectivity index (χ0) is 13.0. The Labute approximate surface area is 111 Å². The molecule has 0 atom stereocenters. The Morgan fingerprint density at radius 2 is 2.28 bits per heavy atom. The van der Waals surface area contributed by atoms with Crippen LogP contribution in [-0.4, -0.2) is 16.3 Å². The van der Waals surface area contributed by atoms with Crippen LogP contribution in [0.2, 0.25) is 5.02 Å². The number of anilines is 1. The van der Waals surface area contributed by atoms with Crippen LogP contribution in [0.1, 0.15) is 11.3 Å². The molecule has 1 heterocycles. The summed E-state index contributed by atoms with van der Waals surface area (Å²) in [6, 6.07) is 9.35. The Morgan fingerprint density at radius 3 is 2.89 bits per heavy atom. The highest BCUT2D eigenvalue weighted by Gasteiger charge is 2.01. The maximum atomic E-state index is 8.77. The van der Waals surface area contributed by atoms with Crippen molar-refractivity contribution in [1.29, 1.82) is 5.26 Å². The first kappa shape index (κ1) is 12.5. The zero-order valence-corrected chi connectivity index (χ0v) is 10.8. The molecule has 0 fully saturated rings. The van der Waals surface area contributed by atoms with Crippen molar-refractivity contribution in [1.82, 2.24) is 9.78 Å². The van der Waals surface area contributed by atoms with Crippen LogP contribution in [0, 0.1) is 11.3 Å². The summed E-state index contributed by atoms with van der Waals surface area (Å²) in [6.07, 6.45) is 2.77. The SMILES string of the molecule is Cn1ccc(CCNc2ccc(C#N)c(Cl)c2)n1. The van der Waals surface area contributed by atoms with Gasteiger partial charge in [0, 0.05) is 31.9 Å². The molecule has 0 saturated heterocycles. The molecule has 2 aromatic rings. The van der Waals surface area contributed by atoms with Gasteiger partial charge in [0.25, 0.3) is 0 Å². The number of nitriles is 1. The number of rotatable bonds is 4. The maximum absolute atomic E-state index is 8.77. The van der Waals surface area contributed by atoms with E-state index >= 15 is 0 Å². The molecule has 1 aromatic heterocycles. The number of halogens is 1. The molecule has 0 aliphatic rings. The van der Waals surface area contributed by atoms with Crippen LogP contribution in [0.4, 0.5) is 5.69 Å². The largest absolute Gasteiger partial charge is 0.385 e. The van der Waals surface area contributed by atoms with Gasteiger partial charge < -0.3 is 5.32 Å². The average Bonchev–Trinajstić information content (AvgIpc) is 2.75. The van der Waals surface area contributed by atoms with Crippen molar-refractivity contribution in [3.8, 4) is 6.07 Å². The molecule has 0 spiro atoms. The van der Waals surface area contributed by atoms with Crippen molar-refractivity contribution in [2.24, 2.45) is 7.05 Å². The van der Waals surface area contributed by atoms with Crippen LogP contribution in [0.3, 0.4) is 0 Å². The lowest BCUT2D eigenvalue weighted by atomic mass is 10.2. The van der Waals surface area contributed by atoms with Crippen molar-refractivity contribution in [2.75, 3.05) is 11.9 Å². The third-order valence-corrected chi connectivity index (χ3v) is 2.88. The summed E-state index contributed by atoms with van der Waals surface area (Å²) >= 11 is 5.95. The summed E-state index contributed by atoms with van der Waals surface area (Å²) in [7, 11) is 1.90. The van der Waals surface area contributed by atoms with E-state index in [4.69, 9.17) is 16.9 Å². The number of hydrogen-bond acceptors (Lipinski definition) is 3. The molecule has 0 aliphatic heterocycles. The van der Waals surface area contributed by atoms with E-state index in [1.807, 2.05) is 31.4 Å². The minimum Gasteiger partial charge on any atom is -0.385 e. The second kappa shape index (κ2) is 5.56. The molecule has 0 aliphatic carbocycles. The molecule has 0 saturated carbocycles. The van der Waals surface area contributed by atoms with E-state index in [1.165, 1.54) is 0 Å². The van der Waals surface area contributed by atoms with Gasteiger partial charge in [-0.15, -0.1) is 0 Å². The van der Waals surface area contributed by atoms with Crippen molar-refractivity contribution in [3.05, 3.63) is 46.7 Å². The molecule has 92 valence electrons. The molecule has 0 bridgehead atoms. The third-order valence-electron chi connectivity index (χ3n) is 2.57. The maximum Gasteiger partial charge on any atom is 0.101 e. The van der Waals surface area contributed by atoms with Crippen LogP contribution in [0.25, 0.3) is 0 Å². The predicted molar refractivity (Wildman–Crippen MR) is 71.6 cm³/mol. The van der Waals surface area contributed by atoms with Crippen molar-refractivity contribution in [3.63, 3.8) is 0 Å². The zero-order valence-electron chi connectivity index (χ0n) is 10.0. The van der Waals surface area contributed by atoms with Crippen LogP contribution in [0.5, 0.6) is 0 Å². The van der Waals surface area contributed by atoms with Crippen molar-refractivity contribution >= 4 is 17.3 Å². The van der Waals surface area contributed by atoms with E-state index in [9.17, 15) is 0 Å². The fourth-order valence-corrected chi connectivity index (χ4v) is 1.87. The molecular weight excluding hydrogens is 248 g/mol. The van der Waals surface area contributed by atoms with Crippen molar-refractivity contribution < 1.29 is 0 Å². The van der Waals surface area contributed by atoms with Gasteiger partial charge in [0.2, 0.25) is 0 Å². The van der Waals surface area contributed by atoms with Crippen LogP contribution in [-0.2, 0) is 13.5 Å². The first-order chi connectivity index (χ1) is 8.69. The van der Waals surface area contributed by atoms with Gasteiger partial charge >= 0.3 is 0 Å². The van der Waals surface area contributed by atoms with Gasteiger partial charge in [0.05, 0.1) is 16.3 Å². The fraction of sp³-hybridized carbons (Fsp3) is 0.231. The predicted octanol–water partition coefficient (Wildman–Crippen LogP) is 2.60. The van der Waals surface area contributed by atoms with Gasteiger partial charge in [-0.3, -0.25) is 4.68 Å². The smallest absolute Gasteiger partial charge is 0.101 e. The molecule has 2 rings (SSSR count). The lowest BCUT2D eigenvalue weighted by Gasteiger charge is -2.06. The molecule has 1 aromatic carbocycles. The first-order valence-electron chi connectivity index (χ1n) is 5.61. The highest BCUT2D eigenvalue weighted by Crippen LogP contribution is 2.20. The number of aromatic nitrogens is 2. The third kappa shape index (κ3) is 3.02. The number of benzene rings is 1. The van der Waals surface area contributed by atoms with Crippen LogP contribution in [0.15, 0.2) is 30.5 Å². The van der Waals surface area contributed by atoms with Crippen molar-refractivity contribution in [2.45, 2.75) is 6.42 Å². The van der Waals surface area contributed by atoms with Gasteiger partial charge in [-0.05, 0) is 24.3 Å². The quantitative estimate of drug-likeness (QED) is 0.919. The molecule has 1 N–H and O–H groups in total. The Morgan fingerprint density at radius 1 is 1.44 bits per heavy atom. The van der Waals surface area contributed by atoms with Gasteiger partial charge in [-0.2, -0.15) is 10.4 Å². The van der Waals surface area contributed by atoms with E-state index in [0.29, 0.717) is 10.6 Å². The fourth-order valence-electron chi connectivity index (χ4n) is 1.65. The van der Waals surface area contributed by atoms with Gasteiger partial charge in [0.15, 0.2) is 0 Å². The molecular formula is C13H13ClN4. The van der Waals surface area contributed by atoms with E-state index in [1.54, 1.807) is 16.8 Å². The standard InChI is InChI=1S/C13H13ClN4/c1-18-7-5-11(17-18)4-6-16-12-3-2-10(9-15)13(14)8-12/h2-3,5,7-8,16H,4,6H2,1H3. The summed E-state index contributed by atoms with van der Waals surface area (Å²) in [4.78, 5) is 0. The van der Waals surface area contributed by atoms with Crippen LogP contribution < -0.4 is 5.32 Å². The minimum atomic E-state index is 0.473. The summed E-state index contributed by atoms with van der Waals surface area (Å²) in [5.74, 6) is 0. The topological polar surface area (TPSA) is 53.6 Å². The van der Waals surface area contributed by atoms with Gasteiger partial charge in [-0.1, -0.05) is 11.6 Å². The normalized spacial score (nSPS) is 10.1. The lowest BCUT2D eigenvalue weighted by Crippen LogP contribution is -2.05. The summed E-state index contributed by atoms with van der Waals surface area (Å²) < 4.78 is 1.79. The Balaban J connectivity index is 1.91. The number of hydrogen-bond donors (Lipinski definition) is 1. The molecule has 0 radical (unpaired) electrons. The van der Waals surface area contributed by atoms with Crippen LogP contribution >= 0.6 is 11.6 Å². The molecule has 18 heavy (non-hydrogen) atoms.